The molecule has 1 aromatic carbocycles. The van der Waals surface area contributed by atoms with Crippen LogP contribution in [0.1, 0.15) is 19.4 Å². The second-order valence-electron chi connectivity index (χ2n) is 4.46. The fraction of sp³-hybridized carbons (Fsp3) is 0.417. The fourth-order valence-electron chi connectivity index (χ4n) is 1.80. The van der Waals surface area contributed by atoms with E-state index in [4.69, 9.17) is 16.7 Å². The molecule has 0 saturated carbocycles. The van der Waals surface area contributed by atoms with Crippen molar-refractivity contribution in [3.8, 4) is 0 Å². The number of hydrogen-bond donors (Lipinski definition) is 1. The molecule has 0 aliphatic heterocycles. The van der Waals surface area contributed by atoms with E-state index in [2.05, 4.69) is 0 Å². The Morgan fingerprint density at radius 2 is 2.11 bits per heavy atom. The van der Waals surface area contributed by atoms with E-state index in [1.165, 1.54) is 12.1 Å². The van der Waals surface area contributed by atoms with Crippen LogP contribution in [0.4, 0.5) is 11.4 Å². The molecule has 0 amide bonds. The molecule has 0 aliphatic rings. The summed E-state index contributed by atoms with van der Waals surface area (Å²) in [5, 5.41) is 19.7. The number of nitro benzene ring substituents is 1. The molecule has 0 unspecified atom stereocenters. The number of carboxylic acid groups (broad SMARTS) is 1. The van der Waals surface area contributed by atoms with Gasteiger partial charge >= 0.3 is 5.97 Å². The van der Waals surface area contributed by atoms with Crippen LogP contribution in [-0.2, 0) is 4.79 Å². The van der Waals surface area contributed by atoms with E-state index in [1.54, 1.807) is 11.8 Å². The Kier molecular flexibility index (Phi) is 4.72. The largest absolute Gasteiger partial charge is 0.480 e. The van der Waals surface area contributed by atoms with Crippen LogP contribution in [0.5, 0.6) is 0 Å². The molecule has 0 aromatic heterocycles. The molecular formula is C12H15ClN2O4. The maximum Gasteiger partial charge on any atom is 0.323 e. The van der Waals surface area contributed by atoms with Gasteiger partial charge in [0.2, 0.25) is 0 Å². The third kappa shape index (κ3) is 3.57. The molecule has 0 fully saturated rings. The van der Waals surface area contributed by atoms with Gasteiger partial charge in [-0.25, -0.2) is 0 Å². The second kappa shape index (κ2) is 5.88. The zero-order valence-electron chi connectivity index (χ0n) is 10.9. The fourth-order valence-corrected chi connectivity index (χ4v) is 2.02. The van der Waals surface area contributed by atoms with E-state index in [-0.39, 0.29) is 23.3 Å². The molecule has 0 bridgehead atoms. The summed E-state index contributed by atoms with van der Waals surface area (Å²) in [5.74, 6) is -0.970. The zero-order valence-corrected chi connectivity index (χ0v) is 11.6. The molecule has 0 spiro atoms. The van der Waals surface area contributed by atoms with E-state index < -0.39 is 10.9 Å². The number of halogens is 1. The number of carboxylic acids is 1. The highest BCUT2D eigenvalue weighted by molar-refractivity contribution is 6.33. The van der Waals surface area contributed by atoms with Gasteiger partial charge in [-0.1, -0.05) is 11.6 Å². The van der Waals surface area contributed by atoms with Crippen molar-refractivity contribution >= 4 is 28.9 Å². The van der Waals surface area contributed by atoms with Gasteiger partial charge in [0, 0.05) is 17.8 Å². The number of aryl methyl sites for hydroxylation is 1. The quantitative estimate of drug-likeness (QED) is 0.664. The minimum Gasteiger partial charge on any atom is -0.480 e. The molecule has 7 heteroatoms. The standard InChI is InChI=1S/C12H15ClN2O4/c1-7(2)14(6-12(16)17)10-5-9(13)11(15(18)19)4-8(10)3/h4-5,7H,6H2,1-3H3,(H,16,17). The predicted octanol–water partition coefficient (Wildman–Crippen LogP) is 2.86. The summed E-state index contributed by atoms with van der Waals surface area (Å²) in [7, 11) is 0. The molecule has 1 N–H and O–H groups in total. The lowest BCUT2D eigenvalue weighted by molar-refractivity contribution is -0.384. The minimum atomic E-state index is -0.970. The normalized spacial score (nSPS) is 10.6. The lowest BCUT2D eigenvalue weighted by atomic mass is 10.1. The first-order valence-electron chi connectivity index (χ1n) is 5.67. The van der Waals surface area contributed by atoms with Gasteiger partial charge in [0.05, 0.1) is 4.92 Å². The van der Waals surface area contributed by atoms with Crippen molar-refractivity contribution in [2.45, 2.75) is 26.8 Å². The molecule has 104 valence electrons. The topological polar surface area (TPSA) is 83.7 Å². The van der Waals surface area contributed by atoms with E-state index in [0.29, 0.717) is 11.3 Å². The Hall–Kier alpha value is -1.82. The molecule has 6 nitrogen and oxygen atoms in total. The van der Waals surface area contributed by atoms with Crippen LogP contribution in [0, 0.1) is 17.0 Å². The monoisotopic (exact) mass is 286 g/mol. The average molecular weight is 287 g/mol. The highest BCUT2D eigenvalue weighted by Gasteiger charge is 2.21. The van der Waals surface area contributed by atoms with Gasteiger partial charge in [-0.15, -0.1) is 0 Å². The summed E-state index contributed by atoms with van der Waals surface area (Å²) in [6, 6.07) is 2.74. The average Bonchev–Trinajstić information content (AvgIpc) is 2.27. The summed E-state index contributed by atoms with van der Waals surface area (Å²) < 4.78 is 0. The van der Waals surface area contributed by atoms with Crippen molar-refractivity contribution in [2.24, 2.45) is 0 Å². The van der Waals surface area contributed by atoms with Crippen molar-refractivity contribution in [2.75, 3.05) is 11.4 Å². The number of carbonyl (C=O) groups is 1. The van der Waals surface area contributed by atoms with E-state index in [9.17, 15) is 14.9 Å². The second-order valence-corrected chi connectivity index (χ2v) is 4.87. The summed E-state index contributed by atoms with van der Waals surface area (Å²) in [4.78, 5) is 22.7. The van der Waals surface area contributed by atoms with Gasteiger partial charge in [-0.2, -0.15) is 0 Å². The Balaban J connectivity index is 3.28. The smallest absolute Gasteiger partial charge is 0.323 e. The Morgan fingerprint density at radius 3 is 2.53 bits per heavy atom. The van der Waals surface area contributed by atoms with Crippen molar-refractivity contribution in [1.82, 2.24) is 0 Å². The number of nitro groups is 1. The van der Waals surface area contributed by atoms with Gasteiger partial charge in [0.15, 0.2) is 0 Å². The van der Waals surface area contributed by atoms with Crippen LogP contribution in [0.25, 0.3) is 0 Å². The first-order chi connectivity index (χ1) is 8.73. The first-order valence-corrected chi connectivity index (χ1v) is 6.04. The first kappa shape index (κ1) is 15.2. The number of hydrogen-bond acceptors (Lipinski definition) is 4. The number of anilines is 1. The molecule has 0 saturated heterocycles. The lowest BCUT2D eigenvalue weighted by Crippen LogP contribution is -2.36. The van der Waals surface area contributed by atoms with Crippen molar-refractivity contribution in [1.29, 1.82) is 0 Å². The van der Waals surface area contributed by atoms with Gasteiger partial charge in [0.25, 0.3) is 5.69 Å². The van der Waals surface area contributed by atoms with E-state index in [0.717, 1.165) is 0 Å². The number of benzene rings is 1. The number of nitrogens with zero attached hydrogens (tertiary/aromatic N) is 2. The maximum atomic E-state index is 10.9. The van der Waals surface area contributed by atoms with Crippen LogP contribution >= 0.6 is 11.6 Å². The molecular weight excluding hydrogens is 272 g/mol. The predicted molar refractivity (Wildman–Crippen MR) is 73.0 cm³/mol. The maximum absolute atomic E-state index is 10.9. The van der Waals surface area contributed by atoms with Crippen LogP contribution in [0.15, 0.2) is 12.1 Å². The van der Waals surface area contributed by atoms with Crippen LogP contribution < -0.4 is 4.90 Å². The van der Waals surface area contributed by atoms with E-state index >= 15 is 0 Å². The SMILES string of the molecule is Cc1cc([N+](=O)[O-])c(Cl)cc1N(CC(=O)O)C(C)C. The molecule has 0 atom stereocenters. The van der Waals surface area contributed by atoms with Gasteiger partial charge in [0.1, 0.15) is 11.6 Å². The third-order valence-corrected chi connectivity index (χ3v) is 3.00. The van der Waals surface area contributed by atoms with Crippen molar-refractivity contribution in [3.63, 3.8) is 0 Å². The number of rotatable bonds is 5. The van der Waals surface area contributed by atoms with Gasteiger partial charge in [-0.05, 0) is 32.4 Å². The molecule has 0 aliphatic carbocycles. The summed E-state index contributed by atoms with van der Waals surface area (Å²) in [6.07, 6.45) is 0. The Bertz CT molecular complexity index is 517. The summed E-state index contributed by atoms with van der Waals surface area (Å²) >= 11 is 5.87. The summed E-state index contributed by atoms with van der Waals surface area (Å²) in [5.41, 5.74) is 1.03. The molecule has 1 rings (SSSR count). The van der Waals surface area contributed by atoms with Crippen LogP contribution in [0.2, 0.25) is 5.02 Å². The molecule has 0 radical (unpaired) electrons. The van der Waals surface area contributed by atoms with Gasteiger partial charge in [-0.3, -0.25) is 14.9 Å². The van der Waals surface area contributed by atoms with Crippen molar-refractivity contribution < 1.29 is 14.8 Å². The third-order valence-electron chi connectivity index (χ3n) is 2.70. The highest BCUT2D eigenvalue weighted by atomic mass is 35.5. The molecule has 1 aromatic rings. The number of aliphatic carboxylic acids is 1. The minimum absolute atomic E-state index is 0.00152. The summed E-state index contributed by atoms with van der Waals surface area (Å²) in [6.45, 7) is 5.19. The Morgan fingerprint density at radius 1 is 1.53 bits per heavy atom. The van der Waals surface area contributed by atoms with Crippen LogP contribution in [-0.4, -0.2) is 28.6 Å². The molecule has 0 heterocycles. The lowest BCUT2D eigenvalue weighted by Gasteiger charge is -2.28. The van der Waals surface area contributed by atoms with Crippen molar-refractivity contribution in [3.05, 3.63) is 32.8 Å². The van der Waals surface area contributed by atoms with E-state index in [1.807, 2.05) is 13.8 Å². The highest BCUT2D eigenvalue weighted by Crippen LogP contribution is 2.33. The van der Waals surface area contributed by atoms with Gasteiger partial charge < -0.3 is 10.0 Å². The Labute approximate surface area is 115 Å². The zero-order chi connectivity index (χ0) is 14.7. The molecule has 19 heavy (non-hydrogen) atoms. The van der Waals surface area contributed by atoms with Crippen LogP contribution in [0.3, 0.4) is 0 Å².